The largest absolute Gasteiger partial charge is 0.472 e. The van der Waals surface area contributed by atoms with Crippen molar-refractivity contribution in [3.8, 4) is 0 Å². The maximum atomic E-state index is 11.9. The van der Waals surface area contributed by atoms with Gasteiger partial charge in [0, 0.05) is 0 Å². The summed E-state index contributed by atoms with van der Waals surface area (Å²) in [5, 5.41) is 7.01. The molecule has 18 heavy (non-hydrogen) atoms. The Morgan fingerprint density at radius 2 is 2.39 bits per heavy atom. The highest BCUT2D eigenvalue weighted by molar-refractivity contribution is 5.93. The van der Waals surface area contributed by atoms with E-state index in [-0.39, 0.29) is 11.9 Å². The maximum Gasteiger partial charge on any atom is 0.254 e. The highest BCUT2D eigenvalue weighted by atomic mass is 16.3. The lowest BCUT2D eigenvalue weighted by Gasteiger charge is -2.21. The van der Waals surface area contributed by atoms with Crippen molar-refractivity contribution in [3.05, 3.63) is 36.8 Å². The summed E-state index contributed by atoms with van der Waals surface area (Å²) in [6.07, 6.45) is 6.04. The molecule has 0 bridgehead atoms. The summed E-state index contributed by atoms with van der Waals surface area (Å²) in [7, 11) is 0. The second-order valence-electron chi connectivity index (χ2n) is 4.45. The predicted octanol–water partition coefficient (Wildman–Crippen LogP) is 1.33. The van der Waals surface area contributed by atoms with Crippen molar-refractivity contribution < 1.29 is 9.21 Å². The Hall–Kier alpha value is -2.11. The van der Waals surface area contributed by atoms with Crippen molar-refractivity contribution in [1.29, 1.82) is 0 Å². The summed E-state index contributed by atoms with van der Waals surface area (Å²) in [6.45, 7) is 4.70. The first-order chi connectivity index (χ1) is 8.66. The molecule has 6 heteroatoms. The molecule has 0 aliphatic rings. The summed E-state index contributed by atoms with van der Waals surface area (Å²) < 4.78 is 6.60. The van der Waals surface area contributed by atoms with E-state index in [1.54, 1.807) is 17.1 Å². The van der Waals surface area contributed by atoms with Gasteiger partial charge in [-0.1, -0.05) is 13.8 Å². The van der Waals surface area contributed by atoms with E-state index in [9.17, 15) is 4.79 Å². The summed E-state index contributed by atoms with van der Waals surface area (Å²) in [5.41, 5.74) is 0.527. The topological polar surface area (TPSA) is 73.0 Å². The Balaban J connectivity index is 2.00. The van der Waals surface area contributed by atoms with E-state index in [1.165, 1.54) is 18.9 Å². The van der Waals surface area contributed by atoms with Crippen LogP contribution in [0.3, 0.4) is 0 Å². The number of nitrogens with zero attached hydrogens (tertiary/aromatic N) is 3. The van der Waals surface area contributed by atoms with Crippen LogP contribution in [0.4, 0.5) is 0 Å². The average Bonchev–Trinajstić information content (AvgIpc) is 3.00. The third kappa shape index (κ3) is 2.97. The Morgan fingerprint density at radius 1 is 1.56 bits per heavy atom. The predicted molar refractivity (Wildman–Crippen MR) is 64.8 cm³/mol. The fraction of sp³-hybridized carbons (Fsp3) is 0.417. The highest BCUT2D eigenvalue weighted by Gasteiger charge is 2.18. The molecule has 96 valence electrons. The van der Waals surface area contributed by atoms with Crippen LogP contribution < -0.4 is 5.32 Å². The Kier molecular flexibility index (Phi) is 3.76. The molecular formula is C12H16N4O2. The summed E-state index contributed by atoms with van der Waals surface area (Å²) in [5.74, 6) is 0.160. The van der Waals surface area contributed by atoms with Gasteiger partial charge in [0.25, 0.3) is 5.91 Å². The second kappa shape index (κ2) is 5.48. The van der Waals surface area contributed by atoms with Crippen LogP contribution in [0.5, 0.6) is 0 Å². The van der Waals surface area contributed by atoms with Crippen molar-refractivity contribution in [2.45, 2.75) is 26.4 Å². The summed E-state index contributed by atoms with van der Waals surface area (Å²) in [4.78, 5) is 15.8. The molecule has 0 aliphatic heterocycles. The molecule has 1 amide bonds. The van der Waals surface area contributed by atoms with E-state index in [0.717, 1.165) is 0 Å². The van der Waals surface area contributed by atoms with Crippen LogP contribution in [0.1, 0.15) is 24.2 Å². The van der Waals surface area contributed by atoms with Gasteiger partial charge in [0.1, 0.15) is 18.9 Å². The molecule has 0 radical (unpaired) electrons. The van der Waals surface area contributed by atoms with Crippen molar-refractivity contribution in [3.63, 3.8) is 0 Å². The molecule has 2 heterocycles. The van der Waals surface area contributed by atoms with Gasteiger partial charge in [-0.05, 0) is 12.0 Å². The molecular weight excluding hydrogens is 232 g/mol. The van der Waals surface area contributed by atoms with Gasteiger partial charge < -0.3 is 9.73 Å². The Bertz CT molecular complexity index is 476. The molecule has 0 fully saturated rings. The number of amides is 1. The van der Waals surface area contributed by atoms with Gasteiger partial charge in [-0.2, -0.15) is 5.10 Å². The molecule has 0 aromatic carbocycles. The fourth-order valence-electron chi connectivity index (χ4n) is 1.60. The number of hydrogen-bond acceptors (Lipinski definition) is 4. The zero-order valence-corrected chi connectivity index (χ0v) is 10.4. The fourth-order valence-corrected chi connectivity index (χ4v) is 1.60. The Labute approximate surface area is 105 Å². The zero-order chi connectivity index (χ0) is 13.0. The first kappa shape index (κ1) is 12.3. The minimum atomic E-state index is -0.137. The van der Waals surface area contributed by atoms with E-state index in [0.29, 0.717) is 18.0 Å². The molecule has 2 aromatic rings. The van der Waals surface area contributed by atoms with Gasteiger partial charge in [-0.3, -0.25) is 9.48 Å². The molecule has 0 saturated carbocycles. The highest BCUT2D eigenvalue weighted by Crippen LogP contribution is 2.07. The van der Waals surface area contributed by atoms with Gasteiger partial charge in [0.2, 0.25) is 0 Å². The number of rotatable bonds is 5. The van der Waals surface area contributed by atoms with Gasteiger partial charge in [0.05, 0.1) is 24.4 Å². The molecule has 6 nitrogen and oxygen atoms in total. The normalized spacial score (nSPS) is 12.6. The lowest BCUT2D eigenvalue weighted by molar-refractivity contribution is 0.0918. The number of furan rings is 1. The van der Waals surface area contributed by atoms with E-state index in [1.807, 2.05) is 0 Å². The van der Waals surface area contributed by atoms with Crippen LogP contribution in [-0.2, 0) is 6.54 Å². The van der Waals surface area contributed by atoms with Crippen LogP contribution in [-0.4, -0.2) is 26.7 Å². The first-order valence-corrected chi connectivity index (χ1v) is 5.82. The average molecular weight is 248 g/mol. The van der Waals surface area contributed by atoms with E-state index in [4.69, 9.17) is 4.42 Å². The lowest BCUT2D eigenvalue weighted by Crippen LogP contribution is -2.41. The van der Waals surface area contributed by atoms with E-state index >= 15 is 0 Å². The zero-order valence-electron chi connectivity index (χ0n) is 10.4. The number of nitrogens with one attached hydrogen (secondary N) is 1. The SMILES string of the molecule is CC(C)[C@H](Cn1cncn1)NC(=O)c1ccoc1. The number of hydrogen-bond donors (Lipinski definition) is 1. The minimum Gasteiger partial charge on any atom is -0.472 e. The van der Waals surface area contributed by atoms with Crippen molar-refractivity contribution in [2.75, 3.05) is 0 Å². The molecule has 0 spiro atoms. The van der Waals surface area contributed by atoms with E-state index in [2.05, 4.69) is 29.2 Å². The van der Waals surface area contributed by atoms with Gasteiger partial charge >= 0.3 is 0 Å². The molecule has 1 atom stereocenters. The number of carbonyl (C=O) groups is 1. The van der Waals surface area contributed by atoms with Gasteiger partial charge in [-0.15, -0.1) is 0 Å². The van der Waals surface area contributed by atoms with Crippen molar-refractivity contribution in [2.24, 2.45) is 5.92 Å². The van der Waals surface area contributed by atoms with Gasteiger partial charge in [0.15, 0.2) is 0 Å². The molecule has 0 aliphatic carbocycles. The standard InChI is InChI=1S/C12H16N4O2/c1-9(2)11(5-16-8-13-7-14-16)15-12(17)10-3-4-18-6-10/h3-4,6-9,11H,5H2,1-2H3,(H,15,17)/t11-/m0/s1. The third-order valence-corrected chi connectivity index (χ3v) is 2.75. The quantitative estimate of drug-likeness (QED) is 0.866. The molecule has 0 unspecified atom stereocenters. The molecule has 2 rings (SSSR count). The summed E-state index contributed by atoms with van der Waals surface area (Å²) >= 11 is 0. The number of aromatic nitrogens is 3. The minimum absolute atomic E-state index is 0.00546. The monoisotopic (exact) mass is 248 g/mol. The smallest absolute Gasteiger partial charge is 0.254 e. The molecule has 2 aromatic heterocycles. The van der Waals surface area contributed by atoms with Crippen LogP contribution in [0, 0.1) is 5.92 Å². The van der Waals surface area contributed by atoms with Crippen LogP contribution in [0.15, 0.2) is 35.7 Å². The second-order valence-corrected chi connectivity index (χ2v) is 4.45. The van der Waals surface area contributed by atoms with Crippen LogP contribution in [0.25, 0.3) is 0 Å². The molecule has 1 N–H and O–H groups in total. The van der Waals surface area contributed by atoms with Crippen molar-refractivity contribution >= 4 is 5.91 Å². The maximum absolute atomic E-state index is 11.9. The summed E-state index contributed by atoms with van der Waals surface area (Å²) in [6, 6.07) is 1.64. The Morgan fingerprint density at radius 3 is 2.94 bits per heavy atom. The molecule has 0 saturated heterocycles. The van der Waals surface area contributed by atoms with Crippen LogP contribution >= 0.6 is 0 Å². The lowest BCUT2D eigenvalue weighted by atomic mass is 10.0. The van der Waals surface area contributed by atoms with Gasteiger partial charge in [-0.25, -0.2) is 4.98 Å². The van der Waals surface area contributed by atoms with Crippen molar-refractivity contribution in [1.82, 2.24) is 20.1 Å². The van der Waals surface area contributed by atoms with Crippen LogP contribution in [0.2, 0.25) is 0 Å². The van der Waals surface area contributed by atoms with E-state index < -0.39 is 0 Å². The number of carbonyl (C=O) groups excluding carboxylic acids is 1. The first-order valence-electron chi connectivity index (χ1n) is 5.82. The third-order valence-electron chi connectivity index (χ3n) is 2.75.